The van der Waals surface area contributed by atoms with E-state index in [9.17, 15) is 0 Å². The highest BCUT2D eigenvalue weighted by Gasteiger charge is 2.68. The van der Waals surface area contributed by atoms with E-state index in [1.54, 1.807) is 19.3 Å². The standard InChI is InChI=1S/C8H10I2/c9-7-2-5-1-6(7)3-8(5,10)4-7/h5-6H,1-4H2/t5-,6-,7-,8-/m0/s1. The molecule has 0 N–H and O–H groups in total. The first kappa shape index (κ1) is 6.92. The van der Waals surface area contributed by atoms with E-state index in [0.717, 1.165) is 18.7 Å². The molecule has 2 heteroatoms. The third-order valence-electron chi connectivity index (χ3n) is 3.79. The Bertz CT molecular complexity index is 183. The maximum Gasteiger partial charge on any atom is 0.0267 e. The van der Waals surface area contributed by atoms with E-state index in [0.29, 0.717) is 0 Å². The van der Waals surface area contributed by atoms with Gasteiger partial charge in [-0.3, -0.25) is 0 Å². The number of hydrogen-bond donors (Lipinski definition) is 0. The van der Waals surface area contributed by atoms with Gasteiger partial charge in [-0.15, -0.1) is 0 Å². The van der Waals surface area contributed by atoms with E-state index in [2.05, 4.69) is 45.2 Å². The van der Waals surface area contributed by atoms with Crippen molar-refractivity contribution in [2.24, 2.45) is 11.8 Å². The van der Waals surface area contributed by atoms with Crippen LogP contribution < -0.4 is 0 Å². The number of halogens is 2. The van der Waals surface area contributed by atoms with Gasteiger partial charge in [0, 0.05) is 6.84 Å². The van der Waals surface area contributed by atoms with E-state index in [1.807, 2.05) is 0 Å². The summed E-state index contributed by atoms with van der Waals surface area (Å²) in [5, 5.41) is 0. The highest BCUT2D eigenvalue weighted by molar-refractivity contribution is 14.1. The van der Waals surface area contributed by atoms with Gasteiger partial charge in [-0.2, -0.15) is 0 Å². The molecule has 4 atom stereocenters. The predicted octanol–water partition coefficient (Wildman–Crippen LogP) is 3.17. The van der Waals surface area contributed by atoms with Crippen LogP contribution in [0, 0.1) is 11.8 Å². The molecule has 0 unspecified atom stereocenters. The molecule has 0 saturated heterocycles. The Kier molecular flexibility index (Phi) is 1.18. The first-order valence-corrected chi connectivity index (χ1v) is 6.16. The van der Waals surface area contributed by atoms with Gasteiger partial charge >= 0.3 is 0 Å². The van der Waals surface area contributed by atoms with Gasteiger partial charge in [0.2, 0.25) is 0 Å². The summed E-state index contributed by atoms with van der Waals surface area (Å²) in [6, 6.07) is 0. The Labute approximate surface area is 88.8 Å². The summed E-state index contributed by atoms with van der Waals surface area (Å²) in [7, 11) is 0. The van der Waals surface area contributed by atoms with Crippen LogP contribution in [0.5, 0.6) is 0 Å². The molecule has 4 aliphatic carbocycles. The van der Waals surface area contributed by atoms with Crippen molar-refractivity contribution in [1.82, 2.24) is 0 Å². The van der Waals surface area contributed by atoms with E-state index >= 15 is 0 Å². The van der Waals surface area contributed by atoms with Gasteiger partial charge in [0.25, 0.3) is 0 Å². The van der Waals surface area contributed by atoms with Crippen molar-refractivity contribution in [3.8, 4) is 0 Å². The van der Waals surface area contributed by atoms with Crippen molar-refractivity contribution in [2.45, 2.75) is 32.5 Å². The normalized spacial score (nSPS) is 70.2. The molecule has 4 fully saturated rings. The average Bonchev–Trinajstić information content (AvgIpc) is 2.27. The van der Waals surface area contributed by atoms with Crippen LogP contribution in [0.15, 0.2) is 0 Å². The van der Waals surface area contributed by atoms with Gasteiger partial charge in [0.15, 0.2) is 0 Å². The van der Waals surface area contributed by atoms with Gasteiger partial charge in [-0.1, -0.05) is 45.2 Å². The van der Waals surface area contributed by atoms with Gasteiger partial charge < -0.3 is 0 Å². The molecular formula is C8H10I2. The first-order valence-electron chi connectivity index (χ1n) is 4.00. The Morgan fingerprint density at radius 1 is 1.00 bits per heavy atom. The van der Waals surface area contributed by atoms with Crippen LogP contribution in [0.25, 0.3) is 0 Å². The second kappa shape index (κ2) is 1.70. The molecule has 0 amide bonds. The summed E-state index contributed by atoms with van der Waals surface area (Å²) in [4.78, 5) is 0. The van der Waals surface area contributed by atoms with Gasteiger partial charge in [0.1, 0.15) is 0 Å². The quantitative estimate of drug-likeness (QED) is 0.460. The second-order valence-corrected chi connectivity index (χ2v) is 8.58. The highest BCUT2D eigenvalue weighted by atomic mass is 127. The van der Waals surface area contributed by atoms with Crippen LogP contribution in [0.3, 0.4) is 0 Å². The number of rotatable bonds is 0. The third-order valence-corrected chi connectivity index (χ3v) is 7.20. The molecule has 56 valence electrons. The predicted molar refractivity (Wildman–Crippen MR) is 59.0 cm³/mol. The summed E-state index contributed by atoms with van der Waals surface area (Å²) in [5.74, 6) is 2.21. The lowest BCUT2D eigenvalue weighted by Gasteiger charge is -2.20. The van der Waals surface area contributed by atoms with Crippen molar-refractivity contribution in [3.63, 3.8) is 0 Å². The maximum absolute atomic E-state index is 2.74. The van der Waals surface area contributed by atoms with Crippen LogP contribution in [0.2, 0.25) is 0 Å². The molecule has 0 aromatic carbocycles. The highest BCUT2D eigenvalue weighted by Crippen LogP contribution is 2.73. The summed E-state index contributed by atoms with van der Waals surface area (Å²) < 4.78 is 1.53. The molecule has 4 aliphatic rings. The fraction of sp³-hybridized carbons (Fsp3) is 1.00. The van der Waals surface area contributed by atoms with Gasteiger partial charge in [0.05, 0.1) is 0 Å². The first-order chi connectivity index (χ1) is 4.62. The smallest absolute Gasteiger partial charge is 0.0267 e. The molecule has 0 aliphatic heterocycles. The van der Waals surface area contributed by atoms with Gasteiger partial charge in [-0.05, 0) is 37.5 Å². The monoisotopic (exact) mass is 360 g/mol. The van der Waals surface area contributed by atoms with Crippen molar-refractivity contribution >= 4 is 45.2 Å². The number of alkyl halides is 2. The van der Waals surface area contributed by atoms with Crippen LogP contribution in [0.4, 0.5) is 0 Å². The molecule has 10 heavy (non-hydrogen) atoms. The lowest BCUT2D eigenvalue weighted by Crippen LogP contribution is -2.18. The van der Waals surface area contributed by atoms with E-state index in [1.165, 1.54) is 6.42 Å². The molecule has 0 aromatic rings. The van der Waals surface area contributed by atoms with E-state index in [-0.39, 0.29) is 0 Å². The van der Waals surface area contributed by atoms with Gasteiger partial charge in [-0.25, -0.2) is 0 Å². The van der Waals surface area contributed by atoms with Crippen molar-refractivity contribution in [3.05, 3.63) is 0 Å². The minimum Gasteiger partial charge on any atom is -0.0785 e. The SMILES string of the molecule is I[C@]12C[C@@H]3C[C@H]1C[C@]3(I)C2. The zero-order chi connectivity index (χ0) is 6.98. The van der Waals surface area contributed by atoms with Crippen LogP contribution >= 0.6 is 45.2 Å². The van der Waals surface area contributed by atoms with E-state index in [4.69, 9.17) is 0 Å². The van der Waals surface area contributed by atoms with Crippen LogP contribution in [-0.4, -0.2) is 6.84 Å². The largest absolute Gasteiger partial charge is 0.0785 e. The maximum atomic E-state index is 2.74. The number of hydrogen-bond acceptors (Lipinski definition) is 0. The fourth-order valence-corrected chi connectivity index (χ4v) is 7.48. The Balaban J connectivity index is 2.15. The zero-order valence-electron chi connectivity index (χ0n) is 5.74. The molecule has 0 aromatic heterocycles. The Morgan fingerprint density at radius 2 is 1.50 bits per heavy atom. The van der Waals surface area contributed by atoms with Crippen LogP contribution in [0.1, 0.15) is 25.7 Å². The fourth-order valence-electron chi connectivity index (χ4n) is 3.37. The molecule has 4 rings (SSSR count). The average molecular weight is 360 g/mol. The minimum absolute atomic E-state index is 0.767. The molecule has 0 nitrogen and oxygen atoms in total. The lowest BCUT2D eigenvalue weighted by atomic mass is 10.0. The molecular weight excluding hydrogens is 350 g/mol. The van der Waals surface area contributed by atoms with Crippen molar-refractivity contribution < 1.29 is 0 Å². The molecule has 4 saturated carbocycles. The summed E-state index contributed by atoms with van der Waals surface area (Å²) in [6.45, 7) is 0. The second-order valence-electron chi connectivity index (χ2n) is 4.28. The molecule has 0 radical (unpaired) electrons. The topological polar surface area (TPSA) is 0 Å². The molecule has 0 heterocycles. The Morgan fingerprint density at radius 3 is 1.60 bits per heavy atom. The lowest BCUT2D eigenvalue weighted by molar-refractivity contribution is 0.524. The summed E-state index contributed by atoms with van der Waals surface area (Å²) in [6.07, 6.45) is 6.17. The summed E-state index contributed by atoms with van der Waals surface area (Å²) in [5.41, 5.74) is 0. The van der Waals surface area contributed by atoms with Crippen molar-refractivity contribution in [1.29, 1.82) is 0 Å². The third kappa shape index (κ3) is 0.605. The minimum atomic E-state index is 0.767. The van der Waals surface area contributed by atoms with Crippen LogP contribution in [-0.2, 0) is 0 Å². The Hall–Kier alpha value is 1.46. The molecule has 4 bridgehead atoms. The summed E-state index contributed by atoms with van der Waals surface area (Å²) >= 11 is 5.49. The van der Waals surface area contributed by atoms with Crippen molar-refractivity contribution in [2.75, 3.05) is 0 Å². The molecule has 0 spiro atoms. The zero-order valence-corrected chi connectivity index (χ0v) is 10.1. The van der Waals surface area contributed by atoms with E-state index < -0.39 is 0 Å².